The fraction of sp³-hybridized carbons (Fsp3) is 0.278. The molecule has 0 spiro atoms. The van der Waals surface area contributed by atoms with Crippen molar-refractivity contribution in [1.82, 2.24) is 4.90 Å². The Bertz CT molecular complexity index is 863. The smallest absolute Gasteiger partial charge is 0.338 e. The zero-order valence-corrected chi connectivity index (χ0v) is 17.3. The first-order valence-electron chi connectivity index (χ1n) is 7.73. The van der Waals surface area contributed by atoms with Crippen molar-refractivity contribution in [1.29, 1.82) is 0 Å². The van der Waals surface area contributed by atoms with Gasteiger partial charge in [0.05, 0.1) is 27.9 Å². The van der Waals surface area contributed by atoms with Gasteiger partial charge in [-0.25, -0.2) is 4.79 Å². The van der Waals surface area contributed by atoms with Gasteiger partial charge in [-0.3, -0.25) is 9.59 Å². The van der Waals surface area contributed by atoms with Crippen molar-refractivity contribution in [2.24, 2.45) is 0 Å². The number of anilines is 1. The third kappa shape index (κ3) is 4.70. The molecular weight excluding hydrogens is 420 g/mol. The van der Waals surface area contributed by atoms with E-state index in [9.17, 15) is 14.4 Å². The van der Waals surface area contributed by atoms with Gasteiger partial charge in [-0.15, -0.1) is 11.3 Å². The number of aryl methyl sites for hydroxylation is 1. The SMILES string of the molecule is COC(=O)c1cc(NC(=O)CN(C)C(=O)c2ccc(Br)s2)cc(C)c1C. The molecule has 0 aliphatic heterocycles. The van der Waals surface area contributed by atoms with E-state index < -0.39 is 5.97 Å². The molecule has 1 heterocycles. The largest absolute Gasteiger partial charge is 0.465 e. The summed E-state index contributed by atoms with van der Waals surface area (Å²) in [5, 5.41) is 2.73. The van der Waals surface area contributed by atoms with Gasteiger partial charge < -0.3 is 15.0 Å². The van der Waals surface area contributed by atoms with Gasteiger partial charge in [0.2, 0.25) is 5.91 Å². The van der Waals surface area contributed by atoms with E-state index in [4.69, 9.17) is 4.74 Å². The maximum Gasteiger partial charge on any atom is 0.338 e. The molecule has 0 saturated heterocycles. The van der Waals surface area contributed by atoms with Crippen molar-refractivity contribution < 1.29 is 19.1 Å². The predicted octanol–water partition coefficient (Wildman–Crippen LogP) is 3.62. The zero-order valence-electron chi connectivity index (χ0n) is 14.9. The van der Waals surface area contributed by atoms with Crippen molar-refractivity contribution in [2.45, 2.75) is 13.8 Å². The number of hydrogen-bond acceptors (Lipinski definition) is 5. The van der Waals surface area contributed by atoms with E-state index in [1.54, 1.807) is 31.3 Å². The Morgan fingerprint density at radius 1 is 1.23 bits per heavy atom. The Labute approximate surface area is 164 Å². The average molecular weight is 439 g/mol. The molecule has 26 heavy (non-hydrogen) atoms. The number of amides is 2. The van der Waals surface area contributed by atoms with Gasteiger partial charge in [0.15, 0.2) is 0 Å². The second kappa shape index (κ2) is 8.46. The summed E-state index contributed by atoms with van der Waals surface area (Å²) < 4.78 is 5.62. The lowest BCUT2D eigenvalue weighted by atomic mass is 10.0. The topological polar surface area (TPSA) is 75.7 Å². The van der Waals surface area contributed by atoms with Crippen LogP contribution >= 0.6 is 27.3 Å². The summed E-state index contributed by atoms with van der Waals surface area (Å²) in [5.74, 6) is -1.04. The van der Waals surface area contributed by atoms with Gasteiger partial charge in [0.1, 0.15) is 0 Å². The monoisotopic (exact) mass is 438 g/mol. The summed E-state index contributed by atoms with van der Waals surface area (Å²) in [5.41, 5.74) is 2.54. The molecule has 2 amide bonds. The molecule has 1 aromatic heterocycles. The molecule has 0 saturated carbocycles. The Kier molecular flexibility index (Phi) is 6.55. The van der Waals surface area contributed by atoms with Crippen LogP contribution in [0.4, 0.5) is 5.69 Å². The summed E-state index contributed by atoms with van der Waals surface area (Å²) in [4.78, 5) is 38.3. The second-order valence-electron chi connectivity index (χ2n) is 5.77. The number of nitrogens with one attached hydrogen (secondary N) is 1. The molecule has 0 atom stereocenters. The van der Waals surface area contributed by atoms with Crippen molar-refractivity contribution in [3.05, 3.63) is 49.6 Å². The molecule has 1 N–H and O–H groups in total. The molecule has 138 valence electrons. The molecule has 8 heteroatoms. The third-order valence-electron chi connectivity index (χ3n) is 3.87. The number of halogens is 1. The van der Waals surface area contributed by atoms with Crippen molar-refractivity contribution in [3.8, 4) is 0 Å². The molecule has 0 bridgehead atoms. The lowest BCUT2D eigenvalue weighted by Gasteiger charge is -2.17. The highest BCUT2D eigenvalue weighted by Gasteiger charge is 2.18. The number of rotatable bonds is 5. The summed E-state index contributed by atoms with van der Waals surface area (Å²) >= 11 is 4.62. The van der Waals surface area contributed by atoms with E-state index in [-0.39, 0.29) is 18.4 Å². The van der Waals surface area contributed by atoms with E-state index in [0.29, 0.717) is 16.1 Å². The highest BCUT2D eigenvalue weighted by atomic mass is 79.9. The van der Waals surface area contributed by atoms with E-state index >= 15 is 0 Å². The first-order chi connectivity index (χ1) is 12.2. The molecule has 0 aliphatic carbocycles. The summed E-state index contributed by atoms with van der Waals surface area (Å²) in [6, 6.07) is 6.84. The molecule has 2 rings (SSSR count). The maximum atomic E-state index is 12.3. The van der Waals surface area contributed by atoms with Crippen LogP contribution in [0.5, 0.6) is 0 Å². The fourth-order valence-corrected chi connectivity index (χ4v) is 3.74. The number of thiophene rings is 1. The number of likely N-dealkylation sites (N-methyl/N-ethyl adjacent to an activating group) is 1. The number of nitrogens with zero attached hydrogens (tertiary/aromatic N) is 1. The molecule has 0 fully saturated rings. The molecule has 0 aliphatic rings. The number of hydrogen-bond donors (Lipinski definition) is 1. The van der Waals surface area contributed by atoms with Crippen LogP contribution in [-0.4, -0.2) is 43.4 Å². The zero-order chi connectivity index (χ0) is 19.4. The quantitative estimate of drug-likeness (QED) is 0.723. The third-order valence-corrected chi connectivity index (χ3v) is 5.48. The van der Waals surface area contributed by atoms with Crippen molar-refractivity contribution >= 4 is 50.7 Å². The number of esters is 1. The summed E-state index contributed by atoms with van der Waals surface area (Å²) in [7, 11) is 2.88. The minimum Gasteiger partial charge on any atom is -0.465 e. The summed E-state index contributed by atoms with van der Waals surface area (Å²) in [6.45, 7) is 3.56. The normalized spacial score (nSPS) is 10.3. The van der Waals surface area contributed by atoms with Gasteiger partial charge in [-0.1, -0.05) is 0 Å². The van der Waals surface area contributed by atoms with Crippen LogP contribution in [0.1, 0.15) is 31.2 Å². The van der Waals surface area contributed by atoms with Crippen LogP contribution in [-0.2, 0) is 9.53 Å². The van der Waals surface area contributed by atoms with E-state index in [1.807, 2.05) is 13.8 Å². The van der Waals surface area contributed by atoms with Crippen molar-refractivity contribution in [2.75, 3.05) is 26.0 Å². The molecule has 1 aromatic carbocycles. The van der Waals surface area contributed by atoms with Crippen LogP contribution in [0, 0.1) is 13.8 Å². The second-order valence-corrected chi connectivity index (χ2v) is 8.23. The molecule has 6 nitrogen and oxygen atoms in total. The minimum atomic E-state index is -0.461. The Hall–Kier alpha value is -2.19. The number of methoxy groups -OCH3 is 1. The lowest BCUT2D eigenvalue weighted by molar-refractivity contribution is -0.116. The number of ether oxygens (including phenoxy) is 1. The fourth-order valence-electron chi connectivity index (χ4n) is 2.36. The summed E-state index contributed by atoms with van der Waals surface area (Å²) in [6.07, 6.45) is 0. The Morgan fingerprint density at radius 2 is 1.92 bits per heavy atom. The molecule has 0 radical (unpaired) electrons. The maximum absolute atomic E-state index is 12.3. The predicted molar refractivity (Wildman–Crippen MR) is 105 cm³/mol. The van der Waals surface area contributed by atoms with Crippen LogP contribution in [0.3, 0.4) is 0 Å². The molecular formula is C18H19BrN2O4S. The van der Waals surface area contributed by atoms with Crippen molar-refractivity contribution in [3.63, 3.8) is 0 Å². The number of carbonyl (C=O) groups is 3. The van der Waals surface area contributed by atoms with E-state index in [1.165, 1.54) is 23.3 Å². The van der Waals surface area contributed by atoms with Gasteiger partial charge in [-0.2, -0.15) is 0 Å². The van der Waals surface area contributed by atoms with Crippen LogP contribution in [0.15, 0.2) is 28.1 Å². The number of benzene rings is 1. The molecule has 0 unspecified atom stereocenters. The number of carbonyl (C=O) groups excluding carboxylic acids is 3. The average Bonchev–Trinajstić information content (AvgIpc) is 3.02. The van der Waals surface area contributed by atoms with E-state index in [0.717, 1.165) is 14.9 Å². The van der Waals surface area contributed by atoms with Gasteiger partial charge in [0, 0.05) is 12.7 Å². The highest BCUT2D eigenvalue weighted by Crippen LogP contribution is 2.23. The Balaban J connectivity index is 2.09. The first kappa shape index (κ1) is 20.1. The van der Waals surface area contributed by atoms with Gasteiger partial charge >= 0.3 is 5.97 Å². The highest BCUT2D eigenvalue weighted by molar-refractivity contribution is 9.11. The van der Waals surface area contributed by atoms with Gasteiger partial charge in [0.25, 0.3) is 5.91 Å². The van der Waals surface area contributed by atoms with Crippen LogP contribution in [0.25, 0.3) is 0 Å². The molecule has 2 aromatic rings. The van der Waals surface area contributed by atoms with E-state index in [2.05, 4.69) is 21.2 Å². The first-order valence-corrected chi connectivity index (χ1v) is 9.34. The van der Waals surface area contributed by atoms with Gasteiger partial charge in [-0.05, 0) is 65.2 Å². The van der Waals surface area contributed by atoms with Crippen LogP contribution in [0.2, 0.25) is 0 Å². The lowest BCUT2D eigenvalue weighted by Crippen LogP contribution is -2.34. The standard InChI is InChI=1S/C18H19BrN2O4S/c1-10-7-12(8-13(11(10)2)18(24)25-4)20-16(22)9-21(3)17(23)14-5-6-15(19)26-14/h5-8H,9H2,1-4H3,(H,20,22). The van der Waals surface area contributed by atoms with Crippen LogP contribution < -0.4 is 5.32 Å². The minimum absolute atomic E-state index is 0.102. The Morgan fingerprint density at radius 3 is 2.50 bits per heavy atom.